The van der Waals surface area contributed by atoms with Gasteiger partial charge in [0.25, 0.3) is 10.0 Å². The van der Waals surface area contributed by atoms with E-state index in [0.717, 1.165) is 16.9 Å². The van der Waals surface area contributed by atoms with Gasteiger partial charge in [0, 0.05) is 12.3 Å². The number of nitrogens with one attached hydrogen (secondary N) is 1. The average Bonchev–Trinajstić information content (AvgIpc) is 3.26. The van der Waals surface area contributed by atoms with Crippen LogP contribution in [-0.4, -0.2) is 26.4 Å². The zero-order valence-corrected chi connectivity index (χ0v) is 20.8. The summed E-state index contributed by atoms with van der Waals surface area (Å²) in [6.07, 6.45) is 1.31. The van der Waals surface area contributed by atoms with Gasteiger partial charge < -0.3 is 4.74 Å². The zero-order valence-electron chi connectivity index (χ0n) is 19.2. The summed E-state index contributed by atoms with van der Waals surface area (Å²) < 4.78 is 47.5. The highest BCUT2D eigenvalue weighted by Gasteiger charge is 2.24. The molecule has 3 aromatic rings. The van der Waals surface area contributed by atoms with E-state index in [1.54, 1.807) is 23.6 Å². The van der Waals surface area contributed by atoms with Gasteiger partial charge in [-0.2, -0.15) is 0 Å². The Balaban J connectivity index is 1.98. The van der Waals surface area contributed by atoms with Crippen molar-refractivity contribution < 1.29 is 22.3 Å². The largest absolute Gasteiger partial charge is 0.481 e. The molecular formula is C24H27FN2O4S2. The molecule has 33 heavy (non-hydrogen) atoms. The Labute approximate surface area is 197 Å². The number of rotatable bonds is 8. The minimum absolute atomic E-state index is 0.0850. The summed E-state index contributed by atoms with van der Waals surface area (Å²) in [5.74, 6) is -0.701. The molecule has 0 aliphatic heterocycles. The molecule has 0 aliphatic carbocycles. The Morgan fingerprint density at radius 1 is 1.15 bits per heavy atom. The first-order valence-corrected chi connectivity index (χ1v) is 12.8. The third-order valence-corrected chi connectivity index (χ3v) is 8.07. The Morgan fingerprint density at radius 2 is 1.88 bits per heavy atom. The van der Waals surface area contributed by atoms with Crippen LogP contribution in [0.1, 0.15) is 56.2 Å². The highest BCUT2D eigenvalue weighted by Crippen LogP contribution is 2.33. The van der Waals surface area contributed by atoms with Crippen molar-refractivity contribution >= 4 is 27.3 Å². The Bertz CT molecular complexity index is 1270. The van der Waals surface area contributed by atoms with Gasteiger partial charge in [-0.15, -0.1) is 11.3 Å². The van der Waals surface area contributed by atoms with Gasteiger partial charge in [-0.05, 0) is 69.3 Å². The van der Waals surface area contributed by atoms with Crippen molar-refractivity contribution in [1.29, 1.82) is 0 Å². The van der Waals surface area contributed by atoms with Crippen LogP contribution in [-0.2, 0) is 21.2 Å². The molecule has 0 radical (unpaired) electrons. The summed E-state index contributed by atoms with van der Waals surface area (Å²) in [5.41, 5.74) is 3.19. The second-order valence-corrected chi connectivity index (χ2v) is 11.1. The first kappa shape index (κ1) is 24.9. The molecule has 2 aromatic heterocycles. The maximum Gasteiger partial charge on any atom is 0.273 e. The lowest BCUT2D eigenvalue weighted by atomic mass is 9.88. The van der Waals surface area contributed by atoms with Crippen LogP contribution in [0, 0.1) is 5.82 Å². The number of benzene rings is 1. The van der Waals surface area contributed by atoms with Crippen LogP contribution in [0.15, 0.2) is 46.1 Å². The standard InChI is InChI=1S/C24H27FN2O4S2/c1-14(2)17-9-24(32-13-17)33(29,30)27-22(28)12-21-19(15(3)4)10-18(25)11-20(21)16-6-7-26-23(8-16)31-5/h6-11,13-15H,12H2,1-5H3,(H,27,28). The van der Waals surface area contributed by atoms with Gasteiger partial charge in [0.15, 0.2) is 0 Å². The molecule has 3 rings (SSSR count). The van der Waals surface area contributed by atoms with Gasteiger partial charge in [0.2, 0.25) is 11.8 Å². The molecule has 0 fully saturated rings. The fraction of sp³-hybridized carbons (Fsp3) is 0.333. The smallest absolute Gasteiger partial charge is 0.273 e. The molecule has 0 aliphatic rings. The normalized spacial score (nSPS) is 11.8. The van der Waals surface area contributed by atoms with E-state index in [9.17, 15) is 17.6 Å². The van der Waals surface area contributed by atoms with E-state index in [1.807, 2.05) is 27.7 Å². The molecule has 9 heteroatoms. The summed E-state index contributed by atoms with van der Waals surface area (Å²) in [5, 5.41) is 1.77. The van der Waals surface area contributed by atoms with Gasteiger partial charge in [-0.25, -0.2) is 22.5 Å². The lowest BCUT2D eigenvalue weighted by molar-refractivity contribution is -0.118. The Hall–Kier alpha value is -2.78. The molecule has 1 N–H and O–H groups in total. The first-order chi connectivity index (χ1) is 15.5. The number of amides is 1. The van der Waals surface area contributed by atoms with E-state index in [2.05, 4.69) is 9.71 Å². The van der Waals surface area contributed by atoms with Crippen molar-refractivity contribution in [2.45, 2.75) is 50.2 Å². The number of hydrogen-bond donors (Lipinski definition) is 1. The van der Waals surface area contributed by atoms with Crippen LogP contribution in [0.3, 0.4) is 0 Å². The highest BCUT2D eigenvalue weighted by molar-refractivity contribution is 7.92. The number of carbonyl (C=O) groups is 1. The number of nitrogens with zero attached hydrogens (tertiary/aromatic N) is 1. The predicted molar refractivity (Wildman–Crippen MR) is 128 cm³/mol. The van der Waals surface area contributed by atoms with Crippen LogP contribution < -0.4 is 9.46 Å². The van der Waals surface area contributed by atoms with Gasteiger partial charge in [0.1, 0.15) is 10.0 Å². The molecule has 0 bridgehead atoms. The quantitative estimate of drug-likeness (QED) is 0.466. The second-order valence-electron chi connectivity index (χ2n) is 8.32. The number of halogens is 1. The van der Waals surface area contributed by atoms with Crippen molar-refractivity contribution in [3.63, 3.8) is 0 Å². The number of sulfonamides is 1. The number of aromatic nitrogens is 1. The lowest BCUT2D eigenvalue weighted by Crippen LogP contribution is -2.31. The number of pyridine rings is 1. The molecule has 0 saturated heterocycles. The third kappa shape index (κ3) is 5.78. The zero-order chi connectivity index (χ0) is 24.3. The number of thiophene rings is 1. The summed E-state index contributed by atoms with van der Waals surface area (Å²) in [6.45, 7) is 7.72. The number of ether oxygens (including phenoxy) is 1. The molecule has 176 valence electrons. The highest BCUT2D eigenvalue weighted by atomic mass is 32.2. The molecule has 1 aromatic carbocycles. The van der Waals surface area contributed by atoms with Gasteiger partial charge >= 0.3 is 0 Å². The maximum absolute atomic E-state index is 14.5. The van der Waals surface area contributed by atoms with Crippen LogP contribution >= 0.6 is 11.3 Å². The fourth-order valence-electron chi connectivity index (χ4n) is 3.49. The maximum atomic E-state index is 14.5. The molecule has 0 saturated carbocycles. The minimum Gasteiger partial charge on any atom is -0.481 e. The summed E-state index contributed by atoms with van der Waals surface area (Å²) in [7, 11) is -2.53. The van der Waals surface area contributed by atoms with Crippen molar-refractivity contribution in [1.82, 2.24) is 9.71 Å². The third-order valence-electron chi connectivity index (χ3n) is 5.24. The van der Waals surface area contributed by atoms with E-state index in [1.165, 1.54) is 25.4 Å². The van der Waals surface area contributed by atoms with E-state index in [-0.39, 0.29) is 22.5 Å². The summed E-state index contributed by atoms with van der Waals surface area (Å²) >= 11 is 1.07. The number of carbonyl (C=O) groups excluding carboxylic acids is 1. The van der Waals surface area contributed by atoms with E-state index in [4.69, 9.17) is 4.74 Å². The first-order valence-electron chi connectivity index (χ1n) is 10.5. The minimum atomic E-state index is -4.01. The molecule has 2 heterocycles. The van der Waals surface area contributed by atoms with Gasteiger partial charge in [-0.3, -0.25) is 4.79 Å². The van der Waals surface area contributed by atoms with Gasteiger partial charge in [-0.1, -0.05) is 27.7 Å². The topological polar surface area (TPSA) is 85.4 Å². The molecule has 0 unspecified atom stereocenters. The second kappa shape index (κ2) is 10.0. The Morgan fingerprint density at radius 3 is 2.48 bits per heavy atom. The van der Waals surface area contributed by atoms with Crippen molar-refractivity contribution in [3.8, 4) is 17.0 Å². The van der Waals surface area contributed by atoms with Crippen molar-refractivity contribution in [2.75, 3.05) is 7.11 Å². The lowest BCUT2D eigenvalue weighted by Gasteiger charge is -2.18. The molecular weight excluding hydrogens is 463 g/mol. The SMILES string of the molecule is COc1cc(-c2cc(F)cc(C(C)C)c2CC(=O)NS(=O)(=O)c2cc(C(C)C)cs2)ccn1. The number of hydrogen-bond acceptors (Lipinski definition) is 6. The van der Waals surface area contributed by atoms with Gasteiger partial charge in [0.05, 0.1) is 13.5 Å². The van der Waals surface area contributed by atoms with Crippen molar-refractivity contribution in [2.24, 2.45) is 0 Å². The van der Waals surface area contributed by atoms with E-state index in [0.29, 0.717) is 28.1 Å². The monoisotopic (exact) mass is 490 g/mol. The van der Waals surface area contributed by atoms with Crippen LogP contribution in [0.25, 0.3) is 11.1 Å². The van der Waals surface area contributed by atoms with Crippen LogP contribution in [0.2, 0.25) is 0 Å². The fourth-order valence-corrected chi connectivity index (χ4v) is 5.82. The Kier molecular flexibility index (Phi) is 7.54. The van der Waals surface area contributed by atoms with Crippen molar-refractivity contribution in [3.05, 3.63) is 64.4 Å². The molecule has 6 nitrogen and oxygen atoms in total. The average molecular weight is 491 g/mol. The van der Waals surface area contributed by atoms with E-state index >= 15 is 0 Å². The van der Waals surface area contributed by atoms with Crippen LogP contribution in [0.4, 0.5) is 4.39 Å². The summed E-state index contributed by atoms with van der Waals surface area (Å²) in [4.78, 5) is 17.0. The predicted octanol–water partition coefficient (Wildman–Crippen LogP) is 5.25. The number of methoxy groups -OCH3 is 1. The molecule has 0 atom stereocenters. The van der Waals surface area contributed by atoms with Crippen LogP contribution in [0.5, 0.6) is 5.88 Å². The summed E-state index contributed by atoms with van der Waals surface area (Å²) in [6, 6.07) is 7.65. The molecule has 1 amide bonds. The van der Waals surface area contributed by atoms with E-state index < -0.39 is 21.7 Å². The molecule has 0 spiro atoms.